The van der Waals surface area contributed by atoms with Crippen molar-refractivity contribution in [3.8, 4) is 11.4 Å². The monoisotopic (exact) mass is 380 g/mol. The van der Waals surface area contributed by atoms with Gasteiger partial charge < -0.3 is 4.74 Å². The number of hydrogen-bond donors (Lipinski definition) is 0. The summed E-state index contributed by atoms with van der Waals surface area (Å²) >= 11 is 3.43. The smallest absolute Gasteiger partial charge is 0.194 e. The lowest BCUT2D eigenvalue weighted by Crippen LogP contribution is -2.07. The van der Waals surface area contributed by atoms with Crippen LogP contribution in [0, 0.1) is 0 Å². The van der Waals surface area contributed by atoms with Crippen molar-refractivity contribution in [1.29, 1.82) is 0 Å². The Morgan fingerprint density at radius 2 is 1.71 bits per heavy atom. The molecule has 0 saturated heterocycles. The molecule has 0 spiro atoms. The zero-order chi connectivity index (χ0) is 16.4. The Labute approximate surface area is 147 Å². The molecule has 1 heterocycles. The largest absolute Gasteiger partial charge is 0.485 e. The van der Waals surface area contributed by atoms with Crippen molar-refractivity contribution in [3.63, 3.8) is 0 Å². The lowest BCUT2D eigenvalue weighted by atomic mass is 10.1. The number of ether oxygens (including phenoxy) is 1. The number of nitrogens with zero attached hydrogens (tertiary/aromatic N) is 4. The molecular formula is C18H13BrN4O. The van der Waals surface area contributed by atoms with Gasteiger partial charge in [-0.15, -0.1) is 5.10 Å². The second-order valence-corrected chi connectivity index (χ2v) is 6.16. The summed E-state index contributed by atoms with van der Waals surface area (Å²) in [7, 11) is 0. The van der Waals surface area contributed by atoms with Crippen LogP contribution in [0.5, 0.6) is 5.75 Å². The van der Waals surface area contributed by atoms with Crippen molar-refractivity contribution < 1.29 is 4.74 Å². The number of benzene rings is 3. The first-order valence-corrected chi connectivity index (χ1v) is 8.24. The first kappa shape index (κ1) is 14.8. The van der Waals surface area contributed by atoms with Gasteiger partial charge in [0.2, 0.25) is 0 Å². The first-order valence-electron chi connectivity index (χ1n) is 7.45. The fourth-order valence-corrected chi connectivity index (χ4v) is 2.81. The van der Waals surface area contributed by atoms with Gasteiger partial charge in [-0.25, -0.2) is 0 Å². The minimum atomic E-state index is 0.289. The summed E-state index contributed by atoms with van der Waals surface area (Å²) in [6.45, 7) is 0.289. The Kier molecular flexibility index (Phi) is 3.96. The molecule has 1 aromatic heterocycles. The molecule has 0 fully saturated rings. The lowest BCUT2D eigenvalue weighted by molar-refractivity contribution is 0.296. The topological polar surface area (TPSA) is 52.8 Å². The van der Waals surface area contributed by atoms with Gasteiger partial charge in [0.15, 0.2) is 5.82 Å². The van der Waals surface area contributed by atoms with E-state index in [4.69, 9.17) is 4.74 Å². The number of aromatic nitrogens is 4. The predicted octanol–water partition coefficient (Wildman–Crippen LogP) is 4.16. The molecule has 3 aromatic carbocycles. The molecule has 0 aliphatic rings. The van der Waals surface area contributed by atoms with E-state index in [1.807, 2.05) is 54.6 Å². The Hall–Kier alpha value is -2.73. The number of tetrazole rings is 1. The summed E-state index contributed by atoms with van der Waals surface area (Å²) in [6, 6.07) is 21.9. The Bertz CT molecular complexity index is 976. The summed E-state index contributed by atoms with van der Waals surface area (Å²) in [4.78, 5) is 0. The SMILES string of the molecule is Brc1ccc(-n2nnnc2COc2cccc3ccccc23)cc1. The fourth-order valence-electron chi connectivity index (χ4n) is 2.54. The summed E-state index contributed by atoms with van der Waals surface area (Å²) < 4.78 is 8.66. The van der Waals surface area contributed by atoms with Crippen molar-refractivity contribution in [1.82, 2.24) is 20.2 Å². The molecular weight excluding hydrogens is 368 g/mol. The van der Waals surface area contributed by atoms with Gasteiger partial charge in [-0.05, 0) is 46.1 Å². The second-order valence-electron chi connectivity index (χ2n) is 5.25. The quantitative estimate of drug-likeness (QED) is 0.533. The van der Waals surface area contributed by atoms with Crippen LogP contribution >= 0.6 is 15.9 Å². The highest BCUT2D eigenvalue weighted by molar-refractivity contribution is 9.10. The summed E-state index contributed by atoms with van der Waals surface area (Å²) in [5.41, 5.74) is 0.889. The van der Waals surface area contributed by atoms with Gasteiger partial charge in [-0.2, -0.15) is 4.68 Å². The molecule has 0 amide bonds. The fraction of sp³-hybridized carbons (Fsp3) is 0.0556. The van der Waals surface area contributed by atoms with E-state index in [0.717, 1.165) is 26.7 Å². The lowest BCUT2D eigenvalue weighted by Gasteiger charge is -2.09. The molecule has 118 valence electrons. The highest BCUT2D eigenvalue weighted by Gasteiger charge is 2.10. The predicted molar refractivity (Wildman–Crippen MR) is 95.1 cm³/mol. The van der Waals surface area contributed by atoms with Gasteiger partial charge >= 0.3 is 0 Å². The van der Waals surface area contributed by atoms with Crippen LogP contribution in [0.15, 0.2) is 71.2 Å². The van der Waals surface area contributed by atoms with Gasteiger partial charge in [0.05, 0.1) is 5.69 Å². The number of halogens is 1. The highest BCUT2D eigenvalue weighted by Crippen LogP contribution is 2.26. The molecule has 5 nitrogen and oxygen atoms in total. The average Bonchev–Trinajstić information content (AvgIpc) is 3.09. The van der Waals surface area contributed by atoms with Gasteiger partial charge in [0.1, 0.15) is 12.4 Å². The van der Waals surface area contributed by atoms with Gasteiger partial charge in [0.25, 0.3) is 0 Å². The third kappa shape index (κ3) is 2.88. The average molecular weight is 381 g/mol. The minimum absolute atomic E-state index is 0.289. The van der Waals surface area contributed by atoms with Gasteiger partial charge in [-0.3, -0.25) is 0 Å². The number of rotatable bonds is 4. The van der Waals surface area contributed by atoms with Crippen LogP contribution in [0.3, 0.4) is 0 Å². The van der Waals surface area contributed by atoms with E-state index >= 15 is 0 Å². The molecule has 0 N–H and O–H groups in total. The van der Waals surface area contributed by atoms with Crippen molar-refractivity contribution in [2.45, 2.75) is 6.61 Å². The van der Waals surface area contributed by atoms with Crippen LogP contribution in [-0.4, -0.2) is 20.2 Å². The molecule has 0 bridgehead atoms. The Balaban J connectivity index is 1.61. The maximum absolute atomic E-state index is 5.98. The van der Waals surface area contributed by atoms with Gasteiger partial charge in [-0.1, -0.05) is 52.3 Å². The Morgan fingerprint density at radius 1 is 0.917 bits per heavy atom. The molecule has 0 aliphatic heterocycles. The first-order chi connectivity index (χ1) is 11.8. The molecule has 4 rings (SSSR count). The van der Waals surface area contributed by atoms with Crippen LogP contribution in [0.1, 0.15) is 5.82 Å². The van der Waals surface area contributed by atoms with Crippen molar-refractivity contribution >= 4 is 26.7 Å². The zero-order valence-electron chi connectivity index (χ0n) is 12.6. The molecule has 4 aromatic rings. The second kappa shape index (κ2) is 6.41. The molecule has 6 heteroatoms. The van der Waals surface area contributed by atoms with Crippen molar-refractivity contribution in [2.75, 3.05) is 0 Å². The molecule has 0 atom stereocenters. The number of fused-ring (bicyclic) bond motifs is 1. The highest BCUT2D eigenvalue weighted by atomic mass is 79.9. The molecule has 0 unspecified atom stereocenters. The standard InChI is InChI=1S/C18H13BrN4O/c19-14-8-10-15(11-9-14)23-18(20-21-22-23)12-24-17-7-3-5-13-4-1-2-6-16(13)17/h1-11H,12H2. The van der Waals surface area contributed by atoms with Crippen LogP contribution in [0.25, 0.3) is 16.5 Å². The van der Waals surface area contributed by atoms with Crippen LogP contribution in [0.2, 0.25) is 0 Å². The van der Waals surface area contributed by atoms with E-state index in [1.165, 1.54) is 0 Å². The van der Waals surface area contributed by atoms with E-state index in [0.29, 0.717) is 5.82 Å². The van der Waals surface area contributed by atoms with Gasteiger partial charge in [0, 0.05) is 9.86 Å². The van der Waals surface area contributed by atoms with Crippen molar-refractivity contribution in [3.05, 3.63) is 77.0 Å². The van der Waals surface area contributed by atoms with Crippen LogP contribution in [0.4, 0.5) is 0 Å². The molecule has 0 radical (unpaired) electrons. The molecule has 24 heavy (non-hydrogen) atoms. The summed E-state index contributed by atoms with van der Waals surface area (Å²) in [6.07, 6.45) is 0. The third-order valence-corrected chi connectivity index (χ3v) is 4.24. The van der Waals surface area contributed by atoms with E-state index in [2.05, 4.69) is 43.6 Å². The summed E-state index contributed by atoms with van der Waals surface area (Å²) in [5, 5.41) is 14.1. The van der Waals surface area contributed by atoms with E-state index in [-0.39, 0.29) is 6.61 Å². The summed E-state index contributed by atoms with van der Waals surface area (Å²) in [5.74, 6) is 1.46. The maximum Gasteiger partial charge on any atom is 0.194 e. The Morgan fingerprint density at radius 3 is 2.58 bits per heavy atom. The maximum atomic E-state index is 5.98. The normalized spacial score (nSPS) is 10.9. The zero-order valence-corrected chi connectivity index (χ0v) is 14.2. The number of hydrogen-bond acceptors (Lipinski definition) is 4. The molecule has 0 saturated carbocycles. The van der Waals surface area contributed by atoms with Crippen molar-refractivity contribution in [2.24, 2.45) is 0 Å². The molecule has 0 aliphatic carbocycles. The van der Waals surface area contributed by atoms with Crippen LogP contribution < -0.4 is 4.74 Å². The van der Waals surface area contributed by atoms with E-state index in [1.54, 1.807) is 4.68 Å². The van der Waals surface area contributed by atoms with E-state index in [9.17, 15) is 0 Å². The minimum Gasteiger partial charge on any atom is -0.485 e. The van der Waals surface area contributed by atoms with Crippen LogP contribution in [-0.2, 0) is 6.61 Å². The third-order valence-electron chi connectivity index (χ3n) is 3.71. The van der Waals surface area contributed by atoms with E-state index < -0.39 is 0 Å².